The number of hydrogen-bond donors (Lipinski definition) is 1. The standard InChI is InChI=1S/C13H11BINO3/c1-18-8-6-9-12(10(15)7-8)14(17)19-13(9)11-4-2-3-5-16-11/h2-7,13,17H,1H3. The molecule has 0 saturated heterocycles. The Hall–Kier alpha value is -1.12. The molecule has 0 fully saturated rings. The van der Waals surface area contributed by atoms with Crippen molar-refractivity contribution >= 4 is 35.2 Å². The summed E-state index contributed by atoms with van der Waals surface area (Å²) in [7, 11) is 0.708. The zero-order chi connectivity index (χ0) is 13.4. The van der Waals surface area contributed by atoms with Gasteiger partial charge in [0.05, 0.1) is 12.8 Å². The smallest absolute Gasteiger partial charge is 0.493 e. The van der Waals surface area contributed by atoms with Crippen molar-refractivity contribution in [3.8, 4) is 5.75 Å². The quantitative estimate of drug-likeness (QED) is 0.646. The maximum atomic E-state index is 10.1. The Morgan fingerprint density at radius 3 is 2.95 bits per heavy atom. The number of benzene rings is 1. The summed E-state index contributed by atoms with van der Waals surface area (Å²) in [6.45, 7) is 0. The van der Waals surface area contributed by atoms with Crippen molar-refractivity contribution in [2.75, 3.05) is 7.11 Å². The number of hydrogen-bond acceptors (Lipinski definition) is 4. The molecule has 0 bridgehead atoms. The van der Waals surface area contributed by atoms with Crippen molar-refractivity contribution < 1.29 is 14.4 Å². The van der Waals surface area contributed by atoms with Crippen molar-refractivity contribution in [3.63, 3.8) is 0 Å². The molecule has 4 nitrogen and oxygen atoms in total. The molecule has 1 N–H and O–H groups in total. The van der Waals surface area contributed by atoms with E-state index in [1.165, 1.54) is 0 Å². The molecule has 2 aromatic rings. The van der Waals surface area contributed by atoms with Crippen molar-refractivity contribution in [3.05, 3.63) is 51.4 Å². The van der Waals surface area contributed by atoms with Gasteiger partial charge in [0.25, 0.3) is 0 Å². The second-order valence-electron chi connectivity index (χ2n) is 4.24. The van der Waals surface area contributed by atoms with Crippen LogP contribution < -0.4 is 10.2 Å². The maximum Gasteiger partial charge on any atom is 0.493 e. The van der Waals surface area contributed by atoms with Crippen LogP contribution in [0.1, 0.15) is 17.4 Å². The van der Waals surface area contributed by atoms with E-state index in [-0.39, 0.29) is 6.10 Å². The van der Waals surface area contributed by atoms with E-state index in [1.807, 2.05) is 30.3 Å². The third-order valence-corrected chi connectivity index (χ3v) is 4.01. The second-order valence-corrected chi connectivity index (χ2v) is 5.40. The molecule has 0 spiro atoms. The molecule has 2 heterocycles. The van der Waals surface area contributed by atoms with Gasteiger partial charge < -0.3 is 14.4 Å². The minimum Gasteiger partial charge on any atom is -0.497 e. The molecule has 1 atom stereocenters. The van der Waals surface area contributed by atoms with Crippen LogP contribution in [-0.2, 0) is 4.65 Å². The SMILES string of the molecule is COc1cc(I)c2c(c1)C(c1ccccn1)OB2O. The molecule has 3 rings (SSSR count). The normalized spacial score (nSPS) is 17.4. The number of ether oxygens (including phenoxy) is 1. The summed E-state index contributed by atoms with van der Waals surface area (Å²) in [5, 5.41) is 10.1. The first-order chi connectivity index (χ1) is 9.20. The monoisotopic (exact) mass is 367 g/mol. The number of nitrogens with zero attached hydrogens (tertiary/aromatic N) is 1. The summed E-state index contributed by atoms with van der Waals surface area (Å²) in [5.41, 5.74) is 2.50. The van der Waals surface area contributed by atoms with Crippen LogP contribution in [0, 0.1) is 3.57 Å². The molecular weight excluding hydrogens is 356 g/mol. The van der Waals surface area contributed by atoms with Crippen molar-refractivity contribution in [1.29, 1.82) is 0 Å². The lowest BCUT2D eigenvalue weighted by molar-refractivity contribution is 0.222. The van der Waals surface area contributed by atoms with Gasteiger partial charge in [-0.25, -0.2) is 0 Å². The van der Waals surface area contributed by atoms with Crippen LogP contribution in [-0.4, -0.2) is 24.2 Å². The van der Waals surface area contributed by atoms with E-state index >= 15 is 0 Å². The lowest BCUT2D eigenvalue weighted by Crippen LogP contribution is -2.30. The van der Waals surface area contributed by atoms with Gasteiger partial charge in [-0.2, -0.15) is 0 Å². The number of fused-ring (bicyclic) bond motifs is 1. The van der Waals surface area contributed by atoms with Gasteiger partial charge >= 0.3 is 7.12 Å². The summed E-state index contributed by atoms with van der Waals surface area (Å²) in [6, 6.07) is 9.42. The van der Waals surface area contributed by atoms with Gasteiger partial charge in [-0.3, -0.25) is 4.98 Å². The molecule has 0 saturated carbocycles. The molecule has 0 radical (unpaired) electrons. The van der Waals surface area contributed by atoms with Crippen LogP contribution >= 0.6 is 22.6 Å². The Morgan fingerprint density at radius 2 is 2.26 bits per heavy atom. The van der Waals surface area contributed by atoms with E-state index in [2.05, 4.69) is 27.6 Å². The fourth-order valence-electron chi connectivity index (χ4n) is 2.24. The highest BCUT2D eigenvalue weighted by Gasteiger charge is 2.38. The van der Waals surface area contributed by atoms with Gasteiger partial charge in [-0.05, 0) is 52.4 Å². The number of halogens is 1. The van der Waals surface area contributed by atoms with Gasteiger partial charge in [-0.15, -0.1) is 0 Å². The van der Waals surface area contributed by atoms with E-state index < -0.39 is 7.12 Å². The molecule has 6 heteroatoms. The minimum absolute atomic E-state index is 0.352. The predicted octanol–water partition coefficient (Wildman–Crippen LogP) is 1.50. The molecule has 1 unspecified atom stereocenters. The predicted molar refractivity (Wildman–Crippen MR) is 80.5 cm³/mol. The average Bonchev–Trinajstić information content (AvgIpc) is 2.77. The van der Waals surface area contributed by atoms with E-state index in [1.54, 1.807) is 13.3 Å². The highest BCUT2D eigenvalue weighted by molar-refractivity contribution is 14.1. The van der Waals surface area contributed by atoms with Crippen molar-refractivity contribution in [2.45, 2.75) is 6.10 Å². The number of aromatic nitrogens is 1. The van der Waals surface area contributed by atoms with Gasteiger partial charge in [0, 0.05) is 15.2 Å². The highest BCUT2D eigenvalue weighted by atomic mass is 127. The van der Waals surface area contributed by atoms with Crippen LogP contribution in [0.15, 0.2) is 36.5 Å². The molecule has 0 aliphatic carbocycles. The highest BCUT2D eigenvalue weighted by Crippen LogP contribution is 2.33. The third kappa shape index (κ3) is 2.24. The van der Waals surface area contributed by atoms with Crippen molar-refractivity contribution in [1.82, 2.24) is 4.98 Å². The fraction of sp³-hybridized carbons (Fsp3) is 0.154. The molecule has 0 amide bonds. The van der Waals surface area contributed by atoms with Crippen LogP contribution in [0.5, 0.6) is 5.75 Å². The zero-order valence-electron chi connectivity index (χ0n) is 10.2. The molecule has 1 aromatic heterocycles. The Labute approximate surface area is 125 Å². The van der Waals surface area contributed by atoms with Crippen molar-refractivity contribution in [2.24, 2.45) is 0 Å². The molecule has 19 heavy (non-hydrogen) atoms. The number of pyridine rings is 1. The largest absolute Gasteiger partial charge is 0.497 e. The Kier molecular flexibility index (Phi) is 3.47. The number of methoxy groups -OCH3 is 1. The topological polar surface area (TPSA) is 51.6 Å². The Balaban J connectivity index is 2.13. The molecule has 96 valence electrons. The summed E-state index contributed by atoms with van der Waals surface area (Å²) in [6.07, 6.45) is 1.36. The zero-order valence-corrected chi connectivity index (χ0v) is 12.4. The lowest BCUT2D eigenvalue weighted by Gasteiger charge is -2.12. The van der Waals surface area contributed by atoms with E-state index in [0.29, 0.717) is 0 Å². The first-order valence-electron chi connectivity index (χ1n) is 5.82. The van der Waals surface area contributed by atoms with Crippen LogP contribution in [0.3, 0.4) is 0 Å². The maximum absolute atomic E-state index is 10.1. The first-order valence-corrected chi connectivity index (χ1v) is 6.90. The molecule has 1 aliphatic heterocycles. The van der Waals surface area contributed by atoms with Gasteiger partial charge in [-0.1, -0.05) is 6.07 Å². The first kappa shape index (κ1) is 12.9. The van der Waals surface area contributed by atoms with E-state index in [4.69, 9.17) is 9.39 Å². The summed E-state index contributed by atoms with van der Waals surface area (Å²) < 4.78 is 11.8. The molecule has 1 aromatic carbocycles. The molecular formula is C13H11BINO3. The van der Waals surface area contributed by atoms with Crippen LogP contribution in [0.2, 0.25) is 0 Å². The third-order valence-electron chi connectivity index (χ3n) is 3.12. The van der Waals surface area contributed by atoms with Gasteiger partial charge in [0.15, 0.2) is 0 Å². The number of rotatable bonds is 2. The van der Waals surface area contributed by atoms with E-state index in [0.717, 1.165) is 26.0 Å². The fourth-order valence-corrected chi connectivity index (χ4v) is 3.12. The Morgan fingerprint density at radius 1 is 1.42 bits per heavy atom. The van der Waals surface area contributed by atoms with Gasteiger partial charge in [0.1, 0.15) is 11.9 Å². The summed E-state index contributed by atoms with van der Waals surface area (Å²) >= 11 is 2.18. The Bertz CT molecular complexity index is 608. The summed E-state index contributed by atoms with van der Waals surface area (Å²) in [4.78, 5) is 4.30. The van der Waals surface area contributed by atoms with Crippen LogP contribution in [0.4, 0.5) is 0 Å². The summed E-state index contributed by atoms with van der Waals surface area (Å²) in [5.74, 6) is 0.752. The minimum atomic E-state index is -0.917. The average molecular weight is 367 g/mol. The van der Waals surface area contributed by atoms with Gasteiger partial charge in [0.2, 0.25) is 0 Å². The lowest BCUT2D eigenvalue weighted by atomic mass is 9.79. The van der Waals surface area contributed by atoms with E-state index in [9.17, 15) is 5.02 Å². The van der Waals surface area contributed by atoms with Crippen LogP contribution in [0.25, 0.3) is 0 Å². The second kappa shape index (κ2) is 5.11. The molecule has 1 aliphatic rings.